The van der Waals surface area contributed by atoms with Gasteiger partial charge in [-0.3, -0.25) is 0 Å². The van der Waals surface area contributed by atoms with Crippen molar-refractivity contribution in [2.45, 2.75) is 20.3 Å². The monoisotopic (exact) mass is 343 g/mol. The second-order valence-electron chi connectivity index (χ2n) is 5.23. The van der Waals surface area contributed by atoms with E-state index in [1.807, 2.05) is 26.0 Å². The van der Waals surface area contributed by atoms with E-state index in [1.54, 1.807) is 6.07 Å². The van der Waals surface area contributed by atoms with Crippen molar-refractivity contribution in [2.24, 2.45) is 0 Å². The van der Waals surface area contributed by atoms with Crippen molar-refractivity contribution in [3.8, 4) is 5.75 Å². The maximum Gasteiger partial charge on any atom is 0.319 e. The van der Waals surface area contributed by atoms with E-state index in [9.17, 15) is 13.2 Å². The van der Waals surface area contributed by atoms with E-state index in [0.717, 1.165) is 17.6 Å². The maximum atomic E-state index is 11.8. The fourth-order valence-corrected chi connectivity index (χ4v) is 2.35. The molecule has 0 heterocycles. The van der Waals surface area contributed by atoms with Gasteiger partial charge in [-0.2, -0.15) is 0 Å². The lowest BCUT2D eigenvalue weighted by molar-refractivity contribution is 0.251. The summed E-state index contributed by atoms with van der Waals surface area (Å²) < 4.78 is 29.1. The van der Waals surface area contributed by atoms with Crippen molar-refractivity contribution in [3.05, 3.63) is 23.8 Å². The molecular formula is C15H25N3O4S. The number of nitrogens with zero attached hydrogens (tertiary/aromatic N) is 1. The number of amides is 2. The third-order valence-electron chi connectivity index (χ3n) is 3.23. The van der Waals surface area contributed by atoms with Gasteiger partial charge in [0, 0.05) is 25.8 Å². The van der Waals surface area contributed by atoms with Crippen LogP contribution in [-0.4, -0.2) is 51.8 Å². The fraction of sp³-hybridized carbons (Fsp3) is 0.533. The average molecular weight is 343 g/mol. The van der Waals surface area contributed by atoms with E-state index in [4.69, 9.17) is 4.74 Å². The van der Waals surface area contributed by atoms with Crippen LogP contribution in [0.15, 0.2) is 18.2 Å². The van der Waals surface area contributed by atoms with E-state index in [0.29, 0.717) is 31.8 Å². The summed E-state index contributed by atoms with van der Waals surface area (Å²) in [7, 11) is -1.66. The van der Waals surface area contributed by atoms with Crippen molar-refractivity contribution in [3.63, 3.8) is 0 Å². The van der Waals surface area contributed by atoms with Crippen LogP contribution in [0.5, 0.6) is 5.75 Å². The molecule has 1 rings (SSSR count). The molecule has 0 radical (unpaired) electrons. The Morgan fingerprint density at radius 1 is 1.35 bits per heavy atom. The molecule has 130 valence electrons. The first-order valence-corrected chi connectivity index (χ1v) is 9.28. The zero-order chi connectivity index (χ0) is 17.5. The molecule has 0 aliphatic carbocycles. The highest BCUT2D eigenvalue weighted by molar-refractivity contribution is 7.88. The van der Waals surface area contributed by atoms with E-state index in [2.05, 4.69) is 10.6 Å². The molecule has 0 spiro atoms. The highest BCUT2D eigenvalue weighted by Gasteiger charge is 2.10. The largest absolute Gasteiger partial charge is 0.494 e. The normalized spacial score (nSPS) is 11.3. The number of carbonyl (C=O) groups excluding carboxylic acids is 1. The summed E-state index contributed by atoms with van der Waals surface area (Å²) in [6.45, 7) is 5.17. The van der Waals surface area contributed by atoms with Gasteiger partial charge in [-0.1, -0.05) is 0 Å². The predicted octanol–water partition coefficient (Wildman–Crippen LogP) is 1.80. The zero-order valence-corrected chi connectivity index (χ0v) is 14.9. The molecule has 0 fully saturated rings. The van der Waals surface area contributed by atoms with Crippen molar-refractivity contribution >= 4 is 21.7 Å². The summed E-state index contributed by atoms with van der Waals surface area (Å²) in [6.07, 6.45) is 1.70. The first-order valence-electron chi connectivity index (χ1n) is 7.43. The van der Waals surface area contributed by atoms with E-state index >= 15 is 0 Å². The molecule has 1 aromatic carbocycles. The molecule has 0 saturated heterocycles. The summed E-state index contributed by atoms with van der Waals surface area (Å²) in [5, 5.41) is 5.43. The molecule has 0 bridgehead atoms. The Labute approximate surface area is 138 Å². The van der Waals surface area contributed by atoms with Crippen molar-refractivity contribution in [1.29, 1.82) is 0 Å². The number of urea groups is 1. The molecule has 0 aliphatic heterocycles. The van der Waals surface area contributed by atoms with Crippen molar-refractivity contribution in [1.82, 2.24) is 9.62 Å². The Kier molecular flexibility index (Phi) is 7.31. The number of hydrogen-bond acceptors (Lipinski definition) is 4. The number of ether oxygens (including phenoxy) is 1. The molecule has 23 heavy (non-hydrogen) atoms. The van der Waals surface area contributed by atoms with E-state index in [-0.39, 0.29) is 6.03 Å². The van der Waals surface area contributed by atoms with Crippen LogP contribution >= 0.6 is 0 Å². The highest BCUT2D eigenvalue weighted by Crippen LogP contribution is 2.21. The van der Waals surface area contributed by atoms with Crippen LogP contribution in [0.1, 0.15) is 18.9 Å². The second-order valence-corrected chi connectivity index (χ2v) is 7.32. The van der Waals surface area contributed by atoms with Crippen LogP contribution < -0.4 is 15.4 Å². The quantitative estimate of drug-likeness (QED) is 0.705. The van der Waals surface area contributed by atoms with Gasteiger partial charge in [0.1, 0.15) is 5.75 Å². The van der Waals surface area contributed by atoms with Crippen LogP contribution in [0.4, 0.5) is 10.5 Å². The lowest BCUT2D eigenvalue weighted by Gasteiger charge is -2.14. The second kappa shape index (κ2) is 8.73. The molecule has 0 aromatic heterocycles. The Bertz CT molecular complexity index is 632. The smallest absolute Gasteiger partial charge is 0.319 e. The number of anilines is 1. The fourth-order valence-electron chi connectivity index (χ4n) is 1.89. The lowest BCUT2D eigenvalue weighted by atomic mass is 10.2. The van der Waals surface area contributed by atoms with Crippen LogP contribution in [-0.2, 0) is 10.0 Å². The molecule has 8 heteroatoms. The number of aryl methyl sites for hydroxylation is 1. The Morgan fingerprint density at radius 3 is 2.61 bits per heavy atom. The molecule has 2 amide bonds. The van der Waals surface area contributed by atoms with Gasteiger partial charge in [0.2, 0.25) is 10.0 Å². The summed E-state index contributed by atoms with van der Waals surface area (Å²) in [5.74, 6) is 0.794. The van der Waals surface area contributed by atoms with Gasteiger partial charge >= 0.3 is 6.03 Å². The molecule has 0 unspecified atom stereocenters. The molecule has 7 nitrogen and oxygen atoms in total. The minimum atomic E-state index is -3.17. The summed E-state index contributed by atoms with van der Waals surface area (Å²) in [4.78, 5) is 11.8. The van der Waals surface area contributed by atoms with Crippen LogP contribution in [0.3, 0.4) is 0 Å². The zero-order valence-electron chi connectivity index (χ0n) is 14.0. The van der Waals surface area contributed by atoms with E-state index < -0.39 is 10.0 Å². The van der Waals surface area contributed by atoms with Crippen LogP contribution in [0.2, 0.25) is 0 Å². The lowest BCUT2D eigenvalue weighted by Crippen LogP contribution is -2.33. The van der Waals surface area contributed by atoms with Gasteiger partial charge in [0.05, 0.1) is 12.9 Å². The van der Waals surface area contributed by atoms with Gasteiger partial charge in [-0.05, 0) is 44.0 Å². The molecule has 0 atom stereocenters. The number of sulfonamides is 1. The van der Waals surface area contributed by atoms with Gasteiger partial charge in [-0.25, -0.2) is 17.5 Å². The first-order chi connectivity index (χ1) is 10.7. The summed E-state index contributed by atoms with van der Waals surface area (Å²) >= 11 is 0. The number of benzene rings is 1. The minimum Gasteiger partial charge on any atom is -0.494 e. The first kappa shape index (κ1) is 19.2. The molecule has 1 aromatic rings. The van der Waals surface area contributed by atoms with Gasteiger partial charge < -0.3 is 15.4 Å². The highest BCUT2D eigenvalue weighted by atomic mass is 32.2. The molecule has 0 saturated carbocycles. The Balaban J connectivity index is 2.38. The van der Waals surface area contributed by atoms with Gasteiger partial charge in [-0.15, -0.1) is 0 Å². The van der Waals surface area contributed by atoms with Crippen molar-refractivity contribution < 1.29 is 17.9 Å². The SMILES string of the molecule is CCOc1ccc(NC(=O)NCCCN(C)S(C)(=O)=O)cc1C. The topological polar surface area (TPSA) is 87.7 Å². The Morgan fingerprint density at radius 2 is 2.04 bits per heavy atom. The summed E-state index contributed by atoms with van der Waals surface area (Å²) in [5.41, 5.74) is 1.62. The van der Waals surface area contributed by atoms with Gasteiger partial charge in [0.15, 0.2) is 0 Å². The number of carbonyl (C=O) groups is 1. The minimum absolute atomic E-state index is 0.324. The van der Waals surface area contributed by atoms with Gasteiger partial charge in [0.25, 0.3) is 0 Å². The molecule has 2 N–H and O–H groups in total. The molecule has 0 aliphatic rings. The predicted molar refractivity (Wildman–Crippen MR) is 91.5 cm³/mol. The summed E-state index contributed by atoms with van der Waals surface area (Å²) in [6, 6.07) is 5.10. The third kappa shape index (κ3) is 6.87. The third-order valence-corrected chi connectivity index (χ3v) is 4.55. The van der Waals surface area contributed by atoms with Crippen LogP contribution in [0.25, 0.3) is 0 Å². The number of hydrogen-bond donors (Lipinski definition) is 2. The molecular weight excluding hydrogens is 318 g/mol. The number of nitrogens with one attached hydrogen (secondary N) is 2. The standard InChI is InChI=1S/C15H25N3O4S/c1-5-22-14-8-7-13(11-12(14)2)17-15(19)16-9-6-10-18(3)23(4,20)21/h7-8,11H,5-6,9-10H2,1-4H3,(H2,16,17,19). The van der Waals surface area contributed by atoms with Crippen molar-refractivity contribution in [2.75, 3.05) is 38.3 Å². The van der Waals surface area contributed by atoms with E-state index in [1.165, 1.54) is 11.4 Å². The Hall–Kier alpha value is -1.80. The number of rotatable bonds is 8. The van der Waals surface area contributed by atoms with Crippen LogP contribution in [0, 0.1) is 6.92 Å². The average Bonchev–Trinajstić information content (AvgIpc) is 2.45. The maximum absolute atomic E-state index is 11.8.